The van der Waals surface area contributed by atoms with Crippen molar-refractivity contribution in [2.24, 2.45) is 17.4 Å². The van der Waals surface area contributed by atoms with Gasteiger partial charge in [-0.15, -0.1) is 0 Å². The van der Waals surface area contributed by atoms with Crippen LogP contribution in [0.15, 0.2) is 0 Å². The molecule has 172 valence electrons. The van der Waals surface area contributed by atoms with E-state index in [4.69, 9.17) is 11.5 Å². The van der Waals surface area contributed by atoms with E-state index < -0.39 is 54.3 Å². The topological polar surface area (TPSA) is 194 Å². The minimum absolute atomic E-state index is 0.0493. The van der Waals surface area contributed by atoms with Crippen LogP contribution in [0.1, 0.15) is 39.5 Å². The molecular weight excluding hydrogens is 414 g/mol. The first-order chi connectivity index (χ1) is 14.0. The standard InChI is InChI=1S/C18H33N5O6S/c1-4-10(2)15(18(28)29)23-17(27)12(7-8-30-3)22-14(25)9-21-16(26)11(19)5-6-13(20)24/h10-12,15H,4-9,19H2,1-3H3,(H2,20,24)(H,21,26)(H,22,25)(H,23,27)(H,28,29). The van der Waals surface area contributed by atoms with Crippen LogP contribution in [0.4, 0.5) is 0 Å². The lowest BCUT2D eigenvalue weighted by Crippen LogP contribution is -2.55. The Morgan fingerprint density at radius 1 is 1.07 bits per heavy atom. The highest BCUT2D eigenvalue weighted by Crippen LogP contribution is 2.09. The molecule has 0 aliphatic rings. The summed E-state index contributed by atoms with van der Waals surface area (Å²) in [5.41, 5.74) is 10.6. The molecule has 0 bridgehead atoms. The second-order valence-electron chi connectivity index (χ2n) is 6.94. The van der Waals surface area contributed by atoms with Gasteiger partial charge in [0, 0.05) is 6.42 Å². The summed E-state index contributed by atoms with van der Waals surface area (Å²) >= 11 is 1.47. The van der Waals surface area contributed by atoms with Gasteiger partial charge in [0.15, 0.2) is 0 Å². The summed E-state index contributed by atoms with van der Waals surface area (Å²) < 4.78 is 0. The second-order valence-corrected chi connectivity index (χ2v) is 7.93. The maximum atomic E-state index is 12.6. The lowest BCUT2D eigenvalue weighted by Gasteiger charge is -2.24. The molecule has 4 atom stereocenters. The van der Waals surface area contributed by atoms with E-state index in [-0.39, 0.29) is 25.2 Å². The number of hydrogen-bond donors (Lipinski definition) is 6. The smallest absolute Gasteiger partial charge is 0.326 e. The number of aliphatic carboxylic acids is 1. The molecule has 0 radical (unpaired) electrons. The zero-order valence-electron chi connectivity index (χ0n) is 17.6. The Hall–Kier alpha value is -2.34. The maximum Gasteiger partial charge on any atom is 0.326 e. The number of carbonyl (C=O) groups excluding carboxylic acids is 4. The SMILES string of the molecule is CCC(C)C(NC(=O)C(CCSC)NC(=O)CNC(=O)C(N)CCC(N)=O)C(=O)O. The van der Waals surface area contributed by atoms with Crippen LogP contribution >= 0.6 is 11.8 Å². The van der Waals surface area contributed by atoms with E-state index >= 15 is 0 Å². The van der Waals surface area contributed by atoms with Gasteiger partial charge in [0.1, 0.15) is 12.1 Å². The molecule has 4 unspecified atom stereocenters. The minimum Gasteiger partial charge on any atom is -0.480 e. The van der Waals surface area contributed by atoms with Gasteiger partial charge < -0.3 is 32.5 Å². The third-order valence-corrected chi connectivity index (χ3v) is 5.14. The summed E-state index contributed by atoms with van der Waals surface area (Å²) in [5, 5.41) is 16.7. The number of nitrogens with one attached hydrogen (secondary N) is 3. The van der Waals surface area contributed by atoms with Crippen LogP contribution in [0.2, 0.25) is 0 Å². The van der Waals surface area contributed by atoms with Gasteiger partial charge in [-0.2, -0.15) is 11.8 Å². The Bertz CT molecular complexity index is 618. The first-order valence-electron chi connectivity index (χ1n) is 9.66. The molecule has 0 fully saturated rings. The molecule has 0 saturated heterocycles. The van der Waals surface area contributed by atoms with Crippen LogP contribution < -0.4 is 27.4 Å². The highest BCUT2D eigenvalue weighted by Gasteiger charge is 2.29. The summed E-state index contributed by atoms with van der Waals surface area (Å²) in [4.78, 5) is 58.8. The molecule has 0 heterocycles. The van der Waals surface area contributed by atoms with Crippen molar-refractivity contribution in [3.05, 3.63) is 0 Å². The van der Waals surface area contributed by atoms with E-state index in [2.05, 4.69) is 16.0 Å². The van der Waals surface area contributed by atoms with Gasteiger partial charge in [-0.3, -0.25) is 19.2 Å². The van der Waals surface area contributed by atoms with Gasteiger partial charge in [0.2, 0.25) is 23.6 Å². The number of nitrogens with two attached hydrogens (primary N) is 2. The average Bonchev–Trinajstić information content (AvgIpc) is 2.70. The molecule has 0 aliphatic carbocycles. The average molecular weight is 448 g/mol. The summed E-state index contributed by atoms with van der Waals surface area (Å²) in [6.45, 7) is 3.11. The number of carboxylic acid groups (broad SMARTS) is 1. The third kappa shape index (κ3) is 11.0. The molecule has 0 aromatic heterocycles. The first kappa shape index (κ1) is 27.7. The monoisotopic (exact) mass is 447 g/mol. The maximum absolute atomic E-state index is 12.6. The zero-order valence-corrected chi connectivity index (χ0v) is 18.4. The molecule has 11 nitrogen and oxygen atoms in total. The molecule has 0 spiro atoms. The van der Waals surface area contributed by atoms with Crippen LogP contribution in [0, 0.1) is 5.92 Å². The fourth-order valence-electron chi connectivity index (χ4n) is 2.41. The summed E-state index contributed by atoms with van der Waals surface area (Å²) in [6, 6.07) is -3.01. The van der Waals surface area contributed by atoms with Crippen molar-refractivity contribution in [3.63, 3.8) is 0 Å². The number of amides is 4. The van der Waals surface area contributed by atoms with Gasteiger partial charge in [-0.05, 0) is 30.8 Å². The first-order valence-corrected chi connectivity index (χ1v) is 11.1. The van der Waals surface area contributed by atoms with Crippen molar-refractivity contribution in [1.29, 1.82) is 0 Å². The number of carbonyl (C=O) groups is 5. The van der Waals surface area contributed by atoms with Crippen molar-refractivity contribution in [1.82, 2.24) is 16.0 Å². The molecular formula is C18H33N5O6S. The van der Waals surface area contributed by atoms with Crippen molar-refractivity contribution in [3.8, 4) is 0 Å². The number of hydrogen-bond acceptors (Lipinski definition) is 7. The normalized spacial score (nSPS) is 14.7. The van der Waals surface area contributed by atoms with Crippen LogP contribution in [0.5, 0.6) is 0 Å². The molecule has 0 saturated carbocycles. The molecule has 0 aromatic carbocycles. The van der Waals surface area contributed by atoms with Crippen molar-refractivity contribution in [2.75, 3.05) is 18.6 Å². The van der Waals surface area contributed by atoms with Crippen LogP contribution in [-0.4, -0.2) is 71.4 Å². The Balaban J connectivity index is 4.85. The zero-order chi connectivity index (χ0) is 23.3. The van der Waals surface area contributed by atoms with E-state index in [9.17, 15) is 29.1 Å². The van der Waals surface area contributed by atoms with Gasteiger partial charge >= 0.3 is 5.97 Å². The molecule has 4 amide bonds. The fourth-order valence-corrected chi connectivity index (χ4v) is 2.89. The molecule has 0 aliphatic heterocycles. The van der Waals surface area contributed by atoms with Crippen LogP contribution in [0.25, 0.3) is 0 Å². The van der Waals surface area contributed by atoms with Crippen LogP contribution in [-0.2, 0) is 24.0 Å². The minimum atomic E-state index is -1.15. The molecule has 30 heavy (non-hydrogen) atoms. The largest absolute Gasteiger partial charge is 0.480 e. The van der Waals surface area contributed by atoms with Gasteiger partial charge in [-0.1, -0.05) is 20.3 Å². The molecule has 0 rings (SSSR count). The van der Waals surface area contributed by atoms with Crippen molar-refractivity contribution < 1.29 is 29.1 Å². The van der Waals surface area contributed by atoms with E-state index in [1.54, 1.807) is 6.92 Å². The number of thioether (sulfide) groups is 1. The van der Waals surface area contributed by atoms with Gasteiger partial charge in [0.05, 0.1) is 12.6 Å². The Labute approximate surface area is 180 Å². The summed E-state index contributed by atoms with van der Waals surface area (Å²) in [6.07, 6.45) is 2.68. The summed E-state index contributed by atoms with van der Waals surface area (Å²) in [7, 11) is 0. The highest BCUT2D eigenvalue weighted by molar-refractivity contribution is 7.98. The van der Waals surface area contributed by atoms with Crippen molar-refractivity contribution >= 4 is 41.4 Å². The Morgan fingerprint density at radius 3 is 2.20 bits per heavy atom. The molecule has 12 heteroatoms. The lowest BCUT2D eigenvalue weighted by atomic mass is 9.99. The fraction of sp³-hybridized carbons (Fsp3) is 0.722. The summed E-state index contributed by atoms with van der Waals surface area (Å²) in [5.74, 6) is -3.31. The quantitative estimate of drug-likeness (QED) is 0.175. The van der Waals surface area contributed by atoms with E-state index in [0.717, 1.165) is 0 Å². The Kier molecular flexibility index (Phi) is 13.5. The van der Waals surface area contributed by atoms with E-state index in [1.807, 2.05) is 13.2 Å². The van der Waals surface area contributed by atoms with E-state index in [1.165, 1.54) is 11.8 Å². The Morgan fingerprint density at radius 2 is 1.70 bits per heavy atom. The number of carboxylic acids is 1. The number of primary amides is 1. The molecule has 0 aromatic rings. The third-order valence-electron chi connectivity index (χ3n) is 4.50. The van der Waals surface area contributed by atoms with E-state index in [0.29, 0.717) is 12.2 Å². The van der Waals surface area contributed by atoms with Gasteiger partial charge in [-0.25, -0.2) is 4.79 Å². The number of rotatable bonds is 15. The molecule has 8 N–H and O–H groups in total. The highest BCUT2D eigenvalue weighted by atomic mass is 32.2. The van der Waals surface area contributed by atoms with Crippen LogP contribution in [0.3, 0.4) is 0 Å². The predicted molar refractivity (Wildman–Crippen MR) is 113 cm³/mol. The lowest BCUT2D eigenvalue weighted by molar-refractivity contribution is -0.143. The second kappa shape index (κ2) is 14.6. The van der Waals surface area contributed by atoms with Gasteiger partial charge in [0.25, 0.3) is 0 Å². The van der Waals surface area contributed by atoms with Crippen molar-refractivity contribution in [2.45, 2.75) is 57.7 Å². The predicted octanol–water partition coefficient (Wildman–Crippen LogP) is -1.45.